The Morgan fingerprint density at radius 1 is 1.07 bits per heavy atom. The van der Waals surface area contributed by atoms with E-state index in [4.69, 9.17) is 10.5 Å². The topological polar surface area (TPSA) is 115 Å². The normalized spacial score (nSPS) is 10.4. The van der Waals surface area contributed by atoms with Crippen molar-refractivity contribution >= 4 is 40.8 Å². The standard InChI is InChI=1S/C19H20N6O3S/c1-24(2)19-22-15(21-18(20)23-19)11-28-17(27)12-7-4-5-8-13(12)25(3)16(26)14-9-6-10-29-14/h4-10H,11H2,1-3H3,(H2,20,21,22,23). The molecule has 3 aromatic rings. The molecule has 0 bridgehead atoms. The highest BCUT2D eigenvalue weighted by Crippen LogP contribution is 2.23. The summed E-state index contributed by atoms with van der Waals surface area (Å²) < 4.78 is 5.36. The number of hydrogen-bond acceptors (Lipinski definition) is 9. The first-order valence-electron chi connectivity index (χ1n) is 8.62. The van der Waals surface area contributed by atoms with Gasteiger partial charge in [-0.1, -0.05) is 18.2 Å². The van der Waals surface area contributed by atoms with Crippen LogP contribution >= 0.6 is 11.3 Å². The van der Waals surface area contributed by atoms with Gasteiger partial charge in [0.1, 0.15) is 0 Å². The zero-order valence-corrected chi connectivity index (χ0v) is 17.0. The van der Waals surface area contributed by atoms with E-state index in [1.54, 1.807) is 62.4 Å². The Bertz CT molecular complexity index is 1020. The smallest absolute Gasteiger partial charge is 0.340 e. The van der Waals surface area contributed by atoms with Crippen molar-refractivity contribution < 1.29 is 14.3 Å². The zero-order valence-electron chi connectivity index (χ0n) is 16.2. The summed E-state index contributed by atoms with van der Waals surface area (Å²) in [6.45, 7) is -0.177. The van der Waals surface area contributed by atoms with Gasteiger partial charge in [-0.15, -0.1) is 11.3 Å². The van der Waals surface area contributed by atoms with Crippen LogP contribution in [0.25, 0.3) is 0 Å². The molecule has 3 rings (SSSR count). The van der Waals surface area contributed by atoms with Gasteiger partial charge in [0.05, 0.1) is 16.1 Å². The number of ether oxygens (including phenoxy) is 1. The largest absolute Gasteiger partial charge is 0.454 e. The average Bonchev–Trinajstić information content (AvgIpc) is 3.25. The van der Waals surface area contributed by atoms with Gasteiger partial charge in [-0.05, 0) is 23.6 Å². The minimum absolute atomic E-state index is 0.0384. The van der Waals surface area contributed by atoms with Crippen LogP contribution in [-0.2, 0) is 11.3 Å². The highest BCUT2D eigenvalue weighted by Gasteiger charge is 2.21. The number of carbonyl (C=O) groups excluding carboxylic acids is 2. The number of hydrogen-bond donors (Lipinski definition) is 1. The van der Waals surface area contributed by atoms with Crippen LogP contribution in [0.4, 0.5) is 17.6 Å². The maximum atomic E-state index is 12.7. The number of nitrogens with zero attached hydrogens (tertiary/aromatic N) is 5. The number of anilines is 3. The molecular weight excluding hydrogens is 392 g/mol. The minimum atomic E-state index is -0.600. The molecule has 2 aromatic heterocycles. The third-order valence-electron chi connectivity index (χ3n) is 3.94. The van der Waals surface area contributed by atoms with Crippen LogP contribution in [0, 0.1) is 0 Å². The molecule has 29 heavy (non-hydrogen) atoms. The van der Waals surface area contributed by atoms with Crippen LogP contribution in [0.3, 0.4) is 0 Å². The number of carbonyl (C=O) groups is 2. The number of thiophene rings is 1. The first-order chi connectivity index (χ1) is 13.9. The monoisotopic (exact) mass is 412 g/mol. The van der Waals surface area contributed by atoms with Gasteiger partial charge in [0, 0.05) is 21.1 Å². The molecule has 1 aromatic carbocycles. The van der Waals surface area contributed by atoms with Crippen molar-refractivity contribution in [3.63, 3.8) is 0 Å². The van der Waals surface area contributed by atoms with E-state index < -0.39 is 5.97 Å². The van der Waals surface area contributed by atoms with Crippen molar-refractivity contribution in [2.75, 3.05) is 36.7 Å². The molecule has 0 radical (unpaired) electrons. The van der Waals surface area contributed by atoms with Gasteiger partial charge in [0.25, 0.3) is 5.91 Å². The molecule has 0 saturated carbocycles. The number of para-hydroxylation sites is 1. The van der Waals surface area contributed by atoms with Crippen LogP contribution < -0.4 is 15.5 Å². The van der Waals surface area contributed by atoms with E-state index in [9.17, 15) is 9.59 Å². The summed E-state index contributed by atoms with van der Waals surface area (Å²) in [5.74, 6) is -0.172. The van der Waals surface area contributed by atoms with Crippen molar-refractivity contribution in [1.82, 2.24) is 15.0 Å². The van der Waals surface area contributed by atoms with Gasteiger partial charge in [-0.3, -0.25) is 4.79 Å². The van der Waals surface area contributed by atoms with E-state index in [0.717, 1.165) is 0 Å². The molecule has 0 aliphatic rings. The molecular formula is C19H20N6O3S. The number of aromatic nitrogens is 3. The van der Waals surface area contributed by atoms with Crippen LogP contribution in [0.5, 0.6) is 0 Å². The second-order valence-electron chi connectivity index (χ2n) is 6.24. The number of amides is 1. The fourth-order valence-corrected chi connectivity index (χ4v) is 3.21. The van der Waals surface area contributed by atoms with E-state index in [0.29, 0.717) is 16.5 Å². The van der Waals surface area contributed by atoms with Gasteiger partial charge in [0.2, 0.25) is 11.9 Å². The van der Waals surface area contributed by atoms with Gasteiger partial charge < -0.3 is 20.3 Å². The second-order valence-corrected chi connectivity index (χ2v) is 7.19. The maximum Gasteiger partial charge on any atom is 0.340 e. The number of nitrogen functional groups attached to an aromatic ring is 1. The highest BCUT2D eigenvalue weighted by molar-refractivity contribution is 7.12. The molecule has 0 spiro atoms. The molecule has 10 heteroatoms. The Morgan fingerprint density at radius 2 is 1.83 bits per heavy atom. The minimum Gasteiger partial charge on any atom is -0.454 e. The molecule has 0 unspecified atom stereocenters. The number of esters is 1. The lowest BCUT2D eigenvalue weighted by Gasteiger charge is -2.19. The predicted octanol–water partition coefficient (Wildman–Crippen LogP) is 2.21. The van der Waals surface area contributed by atoms with Crippen molar-refractivity contribution in [2.24, 2.45) is 0 Å². The van der Waals surface area contributed by atoms with E-state index >= 15 is 0 Å². The van der Waals surface area contributed by atoms with Gasteiger partial charge in [-0.2, -0.15) is 15.0 Å². The van der Waals surface area contributed by atoms with Crippen LogP contribution in [0.2, 0.25) is 0 Å². The molecule has 0 aliphatic carbocycles. The fourth-order valence-electron chi connectivity index (χ4n) is 2.51. The SMILES string of the molecule is CN(C)c1nc(N)nc(COC(=O)c2ccccc2N(C)C(=O)c2cccs2)n1. The summed E-state index contributed by atoms with van der Waals surface area (Å²) in [5.41, 5.74) is 6.39. The van der Waals surface area contributed by atoms with Crippen molar-refractivity contribution in [1.29, 1.82) is 0 Å². The van der Waals surface area contributed by atoms with E-state index in [1.807, 2.05) is 5.38 Å². The third-order valence-corrected chi connectivity index (χ3v) is 4.80. The Hall–Kier alpha value is -3.53. The Balaban J connectivity index is 1.78. The molecule has 2 N–H and O–H groups in total. The van der Waals surface area contributed by atoms with Gasteiger partial charge in [-0.25, -0.2) is 4.79 Å². The quantitative estimate of drug-likeness (QED) is 0.613. The van der Waals surface area contributed by atoms with Crippen LogP contribution in [0.15, 0.2) is 41.8 Å². The first-order valence-corrected chi connectivity index (χ1v) is 9.50. The Labute approximate surface area is 171 Å². The molecule has 9 nitrogen and oxygen atoms in total. The second kappa shape index (κ2) is 8.65. The lowest BCUT2D eigenvalue weighted by Crippen LogP contribution is -2.27. The highest BCUT2D eigenvalue weighted by atomic mass is 32.1. The van der Waals surface area contributed by atoms with Crippen molar-refractivity contribution in [2.45, 2.75) is 6.61 Å². The Kier molecular flexibility index (Phi) is 6.03. The van der Waals surface area contributed by atoms with E-state index in [2.05, 4.69) is 15.0 Å². The van der Waals surface area contributed by atoms with E-state index in [-0.39, 0.29) is 29.9 Å². The van der Waals surface area contributed by atoms with Crippen LogP contribution in [-0.4, -0.2) is 48.0 Å². The molecule has 0 aliphatic heterocycles. The maximum absolute atomic E-state index is 12.7. The first kappa shape index (κ1) is 20.2. The summed E-state index contributed by atoms with van der Waals surface area (Å²) in [7, 11) is 5.15. The molecule has 1 amide bonds. The summed E-state index contributed by atoms with van der Waals surface area (Å²) in [5, 5.41) is 1.82. The summed E-state index contributed by atoms with van der Waals surface area (Å²) in [6.07, 6.45) is 0. The number of nitrogens with two attached hydrogens (primary N) is 1. The molecule has 0 fully saturated rings. The lowest BCUT2D eigenvalue weighted by molar-refractivity contribution is 0.0463. The predicted molar refractivity (Wildman–Crippen MR) is 111 cm³/mol. The Morgan fingerprint density at radius 3 is 2.52 bits per heavy atom. The summed E-state index contributed by atoms with van der Waals surface area (Å²) in [6, 6.07) is 10.3. The van der Waals surface area contributed by atoms with Gasteiger partial charge >= 0.3 is 5.97 Å². The molecule has 0 atom stereocenters. The molecule has 2 heterocycles. The van der Waals surface area contributed by atoms with E-state index in [1.165, 1.54) is 16.2 Å². The molecule has 0 saturated heterocycles. The number of rotatable bonds is 6. The fraction of sp³-hybridized carbons (Fsp3) is 0.211. The molecule has 150 valence electrons. The van der Waals surface area contributed by atoms with Crippen molar-refractivity contribution in [3.8, 4) is 0 Å². The zero-order chi connectivity index (χ0) is 21.0. The van der Waals surface area contributed by atoms with Crippen LogP contribution in [0.1, 0.15) is 25.9 Å². The summed E-state index contributed by atoms with van der Waals surface area (Å²) in [4.78, 5) is 41.2. The number of benzene rings is 1. The summed E-state index contributed by atoms with van der Waals surface area (Å²) >= 11 is 1.34. The van der Waals surface area contributed by atoms with Crippen molar-refractivity contribution in [3.05, 3.63) is 58.0 Å². The van der Waals surface area contributed by atoms with Gasteiger partial charge in [0.15, 0.2) is 12.4 Å². The lowest BCUT2D eigenvalue weighted by atomic mass is 10.1. The average molecular weight is 412 g/mol. The third kappa shape index (κ3) is 4.66.